The van der Waals surface area contributed by atoms with Crippen LogP contribution < -0.4 is 18.7 Å². The highest BCUT2D eigenvalue weighted by molar-refractivity contribution is 7.92. The van der Waals surface area contributed by atoms with Gasteiger partial charge in [-0.1, -0.05) is 17.7 Å². The molecule has 0 unspecified atom stereocenters. The van der Waals surface area contributed by atoms with Gasteiger partial charge in [0.15, 0.2) is 4.90 Å². The molecule has 1 fully saturated rings. The molecular formula is C35H37ClF5N5O4S. The molecule has 0 bridgehead atoms. The van der Waals surface area contributed by atoms with Crippen LogP contribution in [-0.2, 0) is 29.2 Å². The number of methoxy groups -OCH3 is 2. The fraction of sp³-hybridized carbons (Fsp3) is 0.371. The van der Waals surface area contributed by atoms with E-state index >= 15 is 8.78 Å². The van der Waals surface area contributed by atoms with Gasteiger partial charge in [0.05, 0.1) is 31.4 Å². The lowest BCUT2D eigenvalue weighted by Crippen LogP contribution is -2.56. The summed E-state index contributed by atoms with van der Waals surface area (Å²) in [6.45, 7) is 0.384. The summed E-state index contributed by atoms with van der Waals surface area (Å²) < 4.78 is 111. The maximum absolute atomic E-state index is 16.0. The van der Waals surface area contributed by atoms with E-state index in [1.54, 1.807) is 23.1 Å². The molecule has 1 saturated heterocycles. The highest BCUT2D eigenvalue weighted by Crippen LogP contribution is 2.38. The maximum Gasteiger partial charge on any atom is 0.417 e. The predicted molar refractivity (Wildman–Crippen MR) is 184 cm³/mol. The second-order valence-corrected chi connectivity index (χ2v) is 14.7. The number of ether oxygens (including phenoxy) is 2. The number of hydrogen-bond acceptors (Lipinski definition) is 8. The first kappa shape index (κ1) is 38.0. The summed E-state index contributed by atoms with van der Waals surface area (Å²) in [5, 5.41) is -0.383. The monoisotopic (exact) mass is 753 g/mol. The number of aromatic nitrogens is 2. The predicted octanol–water partition coefficient (Wildman–Crippen LogP) is 7.37. The van der Waals surface area contributed by atoms with E-state index in [9.17, 15) is 21.6 Å². The summed E-state index contributed by atoms with van der Waals surface area (Å²) in [6.07, 6.45) is 0.136. The lowest BCUT2D eigenvalue weighted by molar-refractivity contribution is -0.137. The molecule has 3 aromatic carbocycles. The molecule has 16 heteroatoms. The van der Waals surface area contributed by atoms with Crippen molar-refractivity contribution in [3.63, 3.8) is 0 Å². The van der Waals surface area contributed by atoms with Crippen LogP contribution in [0.1, 0.15) is 36.0 Å². The van der Waals surface area contributed by atoms with Crippen molar-refractivity contribution in [3.05, 3.63) is 100 Å². The van der Waals surface area contributed by atoms with Crippen LogP contribution >= 0.6 is 11.6 Å². The van der Waals surface area contributed by atoms with E-state index in [0.717, 1.165) is 28.8 Å². The zero-order chi connectivity index (χ0) is 37.1. The van der Waals surface area contributed by atoms with Crippen LogP contribution in [0.2, 0.25) is 5.02 Å². The first-order chi connectivity index (χ1) is 24.1. The third-order valence-electron chi connectivity index (χ3n) is 9.25. The van der Waals surface area contributed by atoms with Crippen molar-refractivity contribution in [2.75, 3.05) is 50.6 Å². The quantitative estimate of drug-likeness (QED) is 0.139. The highest BCUT2D eigenvalue weighted by atomic mass is 35.5. The Bertz CT molecular complexity index is 1950. The molecule has 2 heterocycles. The Kier molecular flexibility index (Phi) is 11.3. The zero-order valence-corrected chi connectivity index (χ0v) is 29.9. The van der Waals surface area contributed by atoms with Crippen LogP contribution in [0.15, 0.2) is 72.0 Å². The van der Waals surface area contributed by atoms with E-state index in [4.69, 9.17) is 21.1 Å². The normalized spacial score (nSPS) is 16.7. The number of likely N-dealkylation sites (N-methyl/N-ethyl adjacent to an activating group) is 1. The van der Waals surface area contributed by atoms with Gasteiger partial charge in [0.2, 0.25) is 0 Å². The molecule has 51 heavy (non-hydrogen) atoms. The average Bonchev–Trinajstić information content (AvgIpc) is 3.09. The molecule has 9 nitrogen and oxygen atoms in total. The number of hydrogen-bond donors (Lipinski definition) is 0. The number of rotatable bonds is 12. The lowest BCUT2D eigenvalue weighted by atomic mass is 9.82. The molecule has 1 aromatic heterocycles. The van der Waals surface area contributed by atoms with Gasteiger partial charge >= 0.3 is 6.18 Å². The molecule has 1 aliphatic rings. The van der Waals surface area contributed by atoms with Gasteiger partial charge in [-0.25, -0.2) is 31.5 Å². The van der Waals surface area contributed by atoms with Crippen molar-refractivity contribution in [2.24, 2.45) is 0 Å². The summed E-state index contributed by atoms with van der Waals surface area (Å²) in [7, 11) is 1.72. The third-order valence-corrected chi connectivity index (χ3v) is 11.4. The SMILES string of the molecule is COc1ccc(CN(c2ccncn2)S(=O)(=O)c2c(F)cc(N3CCC[C@@](CCc4ccc(C(F)(F)F)c(Cl)c4)(N(C)C)C3)cc2F)c(OC)c1. The minimum absolute atomic E-state index is 0.119. The van der Waals surface area contributed by atoms with Crippen LogP contribution in [0.3, 0.4) is 0 Å². The molecule has 0 spiro atoms. The summed E-state index contributed by atoms with van der Waals surface area (Å²) >= 11 is 5.96. The highest BCUT2D eigenvalue weighted by Gasteiger charge is 2.39. The number of sulfonamides is 1. The van der Waals surface area contributed by atoms with Crippen molar-refractivity contribution in [1.29, 1.82) is 0 Å². The van der Waals surface area contributed by atoms with Gasteiger partial charge in [-0.3, -0.25) is 0 Å². The summed E-state index contributed by atoms with van der Waals surface area (Å²) in [5.41, 5.74) is -0.276. The topological polar surface area (TPSA) is 88.1 Å². The van der Waals surface area contributed by atoms with E-state index in [0.29, 0.717) is 55.6 Å². The minimum atomic E-state index is -4.89. The third kappa shape index (κ3) is 8.15. The molecule has 0 saturated carbocycles. The first-order valence-corrected chi connectivity index (χ1v) is 17.7. The number of piperidine rings is 1. The lowest BCUT2D eigenvalue weighted by Gasteiger charge is -2.48. The van der Waals surface area contributed by atoms with Crippen molar-refractivity contribution in [3.8, 4) is 11.5 Å². The summed E-state index contributed by atoms with van der Waals surface area (Å²) in [5.74, 6) is -1.94. The van der Waals surface area contributed by atoms with Gasteiger partial charge in [0, 0.05) is 48.2 Å². The maximum atomic E-state index is 16.0. The Morgan fingerprint density at radius 1 is 1.00 bits per heavy atom. The van der Waals surface area contributed by atoms with Crippen LogP contribution in [0.25, 0.3) is 0 Å². The van der Waals surface area contributed by atoms with E-state index in [-0.39, 0.29) is 28.8 Å². The van der Waals surface area contributed by atoms with Gasteiger partial charge in [-0.05, 0) is 81.7 Å². The number of alkyl halides is 3. The molecule has 1 atom stereocenters. The number of benzene rings is 3. The van der Waals surface area contributed by atoms with Gasteiger partial charge in [-0.15, -0.1) is 0 Å². The van der Waals surface area contributed by atoms with Gasteiger partial charge in [-0.2, -0.15) is 13.2 Å². The molecule has 0 radical (unpaired) electrons. The smallest absolute Gasteiger partial charge is 0.417 e. The standard InChI is InChI=1S/C35H37ClF5N5O4S/c1-44(2)34(13-10-23-6-9-27(28(36)16-23)35(39,40)41)12-5-15-45(21-34)25-17-29(37)33(30(38)18-25)51(47,48)46(32-11-14-42-22-43-32)20-24-7-8-26(49-3)19-31(24)50-4/h6-9,11,14,16-19,22H,5,10,12-13,15,20-21H2,1-4H3/t34-/m0/s1. The average molecular weight is 754 g/mol. The van der Waals surface area contributed by atoms with E-state index in [1.807, 2.05) is 19.0 Å². The van der Waals surface area contributed by atoms with E-state index in [2.05, 4.69) is 9.97 Å². The van der Waals surface area contributed by atoms with Crippen molar-refractivity contribution < 1.29 is 39.8 Å². The molecule has 0 amide bonds. The molecule has 0 aliphatic carbocycles. The van der Waals surface area contributed by atoms with Gasteiger partial charge < -0.3 is 19.3 Å². The number of nitrogens with zero attached hydrogens (tertiary/aromatic N) is 5. The summed E-state index contributed by atoms with van der Waals surface area (Å²) in [6, 6.07) is 11.7. The number of anilines is 2. The Morgan fingerprint density at radius 3 is 2.31 bits per heavy atom. The molecule has 4 aromatic rings. The second kappa shape index (κ2) is 15.2. The van der Waals surface area contributed by atoms with Crippen LogP contribution in [-0.4, -0.2) is 70.2 Å². The van der Waals surface area contributed by atoms with Crippen molar-refractivity contribution >= 4 is 33.1 Å². The number of aryl methyl sites for hydroxylation is 1. The van der Waals surface area contributed by atoms with Gasteiger partial charge in [0.25, 0.3) is 10.0 Å². The van der Waals surface area contributed by atoms with Gasteiger partial charge in [0.1, 0.15) is 35.3 Å². The van der Waals surface area contributed by atoms with Crippen LogP contribution in [0.4, 0.5) is 33.5 Å². The molecule has 274 valence electrons. The summed E-state index contributed by atoms with van der Waals surface area (Å²) in [4.78, 5) is 10.5. The van der Waals surface area contributed by atoms with Crippen molar-refractivity contribution in [2.45, 2.75) is 48.8 Å². The Labute approximate surface area is 298 Å². The van der Waals surface area contributed by atoms with Crippen molar-refractivity contribution in [1.82, 2.24) is 14.9 Å². The first-order valence-electron chi connectivity index (χ1n) is 15.9. The fourth-order valence-electron chi connectivity index (χ4n) is 6.39. The molecular weight excluding hydrogens is 717 g/mol. The Balaban J connectivity index is 1.44. The second-order valence-electron chi connectivity index (χ2n) is 12.5. The number of halogens is 6. The van der Waals surface area contributed by atoms with E-state index in [1.165, 1.54) is 38.6 Å². The Morgan fingerprint density at radius 2 is 1.73 bits per heavy atom. The van der Waals surface area contributed by atoms with E-state index < -0.39 is 43.8 Å². The largest absolute Gasteiger partial charge is 0.497 e. The van der Waals surface area contributed by atoms with Crippen LogP contribution in [0, 0.1) is 11.6 Å². The molecule has 5 rings (SSSR count). The fourth-order valence-corrected chi connectivity index (χ4v) is 8.19. The zero-order valence-electron chi connectivity index (χ0n) is 28.3. The van der Waals surface area contributed by atoms with Crippen LogP contribution in [0.5, 0.6) is 11.5 Å². The Hall–Kier alpha value is -4.21. The molecule has 0 N–H and O–H groups in total. The minimum Gasteiger partial charge on any atom is -0.497 e. The molecule has 1 aliphatic heterocycles.